The van der Waals surface area contributed by atoms with Crippen molar-refractivity contribution >= 4 is 21.6 Å². The molecule has 29 heavy (non-hydrogen) atoms. The Labute approximate surface area is 166 Å². The van der Waals surface area contributed by atoms with Crippen molar-refractivity contribution in [2.75, 3.05) is 5.32 Å². The molecular formula is C20H16F2N2O4S. The van der Waals surface area contributed by atoms with Crippen molar-refractivity contribution in [3.05, 3.63) is 83.9 Å². The molecule has 1 amide bonds. The predicted molar refractivity (Wildman–Crippen MR) is 103 cm³/mol. The highest BCUT2D eigenvalue weighted by molar-refractivity contribution is 7.89. The number of benzene rings is 3. The summed E-state index contributed by atoms with van der Waals surface area (Å²) in [6, 6.07) is 14.7. The van der Waals surface area contributed by atoms with Crippen LogP contribution in [0.25, 0.3) is 0 Å². The molecule has 0 aliphatic heterocycles. The van der Waals surface area contributed by atoms with Gasteiger partial charge in [0.2, 0.25) is 15.9 Å². The number of nitrogens with one attached hydrogen (secondary N) is 1. The number of carbonyl (C=O) groups is 1. The number of amides is 1. The van der Waals surface area contributed by atoms with Gasteiger partial charge >= 0.3 is 0 Å². The topological polar surface area (TPSA) is 98.5 Å². The zero-order chi connectivity index (χ0) is 21.0. The maximum absolute atomic E-state index is 13.7. The maximum atomic E-state index is 13.7. The van der Waals surface area contributed by atoms with Crippen LogP contribution in [0.5, 0.6) is 11.5 Å². The number of nitrogens with two attached hydrogens (primary N) is 1. The van der Waals surface area contributed by atoms with E-state index in [0.717, 1.165) is 18.2 Å². The largest absolute Gasteiger partial charge is 0.457 e. The van der Waals surface area contributed by atoms with E-state index < -0.39 is 27.6 Å². The van der Waals surface area contributed by atoms with E-state index in [0.29, 0.717) is 0 Å². The van der Waals surface area contributed by atoms with Gasteiger partial charge in [0.1, 0.15) is 23.1 Å². The third kappa shape index (κ3) is 5.59. The van der Waals surface area contributed by atoms with Gasteiger partial charge in [-0.05, 0) is 29.8 Å². The van der Waals surface area contributed by atoms with Crippen molar-refractivity contribution in [3.8, 4) is 11.5 Å². The molecule has 0 aromatic heterocycles. The summed E-state index contributed by atoms with van der Waals surface area (Å²) in [5.74, 6) is -1.50. The van der Waals surface area contributed by atoms with Crippen LogP contribution in [0.2, 0.25) is 0 Å². The third-order valence-electron chi connectivity index (χ3n) is 3.83. The van der Waals surface area contributed by atoms with Crippen LogP contribution in [-0.2, 0) is 21.2 Å². The fraction of sp³-hybridized carbons (Fsp3) is 0.0500. The average Bonchev–Trinajstić information content (AvgIpc) is 2.63. The van der Waals surface area contributed by atoms with Crippen molar-refractivity contribution in [2.45, 2.75) is 11.3 Å². The SMILES string of the molecule is NS(=O)(=O)c1cc(NC(=O)Cc2ccccc2F)cc(Oc2cccc(F)c2)c1. The summed E-state index contributed by atoms with van der Waals surface area (Å²) in [7, 11) is -4.12. The molecule has 0 unspecified atom stereocenters. The van der Waals surface area contributed by atoms with E-state index in [9.17, 15) is 22.0 Å². The summed E-state index contributed by atoms with van der Waals surface area (Å²) in [5.41, 5.74) is 0.258. The monoisotopic (exact) mass is 418 g/mol. The third-order valence-corrected chi connectivity index (χ3v) is 4.73. The van der Waals surface area contributed by atoms with Gasteiger partial charge in [-0.2, -0.15) is 0 Å². The molecule has 0 saturated heterocycles. The normalized spacial score (nSPS) is 11.1. The van der Waals surface area contributed by atoms with Crippen LogP contribution in [0.1, 0.15) is 5.56 Å². The number of carbonyl (C=O) groups excluding carboxylic acids is 1. The zero-order valence-corrected chi connectivity index (χ0v) is 15.7. The van der Waals surface area contributed by atoms with Gasteiger partial charge in [-0.25, -0.2) is 22.3 Å². The van der Waals surface area contributed by atoms with Crippen molar-refractivity contribution < 1.29 is 26.7 Å². The smallest absolute Gasteiger partial charge is 0.238 e. The Morgan fingerprint density at radius 2 is 1.72 bits per heavy atom. The Morgan fingerprint density at radius 3 is 2.41 bits per heavy atom. The molecule has 3 aromatic rings. The van der Waals surface area contributed by atoms with Crippen LogP contribution in [0.15, 0.2) is 71.6 Å². The second kappa shape index (κ2) is 8.38. The Hall–Kier alpha value is -3.30. The van der Waals surface area contributed by atoms with Gasteiger partial charge in [0, 0.05) is 23.9 Å². The minimum absolute atomic E-state index is 0.0170. The lowest BCUT2D eigenvalue weighted by atomic mass is 10.1. The predicted octanol–water partition coefficient (Wildman–Crippen LogP) is 3.59. The lowest BCUT2D eigenvalue weighted by Crippen LogP contribution is -2.17. The van der Waals surface area contributed by atoms with E-state index in [4.69, 9.17) is 9.88 Å². The Morgan fingerprint density at radius 1 is 0.966 bits per heavy atom. The number of halogens is 2. The summed E-state index contributed by atoms with van der Waals surface area (Å²) < 4.78 is 56.1. The molecule has 3 N–H and O–H groups in total. The average molecular weight is 418 g/mol. The number of primary sulfonamides is 1. The molecule has 9 heteroatoms. The standard InChI is InChI=1S/C20H16F2N2O4S/c21-14-5-3-6-16(9-14)28-17-10-15(11-18(12-17)29(23,26)27)24-20(25)8-13-4-1-2-7-19(13)22/h1-7,9-12H,8H2,(H,24,25)(H2,23,26,27). The zero-order valence-electron chi connectivity index (χ0n) is 14.9. The van der Waals surface area contributed by atoms with Crippen LogP contribution in [0, 0.1) is 11.6 Å². The van der Waals surface area contributed by atoms with E-state index >= 15 is 0 Å². The van der Waals surface area contributed by atoms with E-state index in [-0.39, 0.29) is 34.1 Å². The second-order valence-corrected chi connectivity index (χ2v) is 7.68. The first-order valence-electron chi connectivity index (χ1n) is 8.35. The first-order chi connectivity index (χ1) is 13.7. The van der Waals surface area contributed by atoms with Gasteiger partial charge in [-0.1, -0.05) is 24.3 Å². The minimum Gasteiger partial charge on any atom is -0.457 e. The summed E-state index contributed by atoms with van der Waals surface area (Å²) in [6.45, 7) is 0. The van der Waals surface area contributed by atoms with Crippen molar-refractivity contribution in [1.82, 2.24) is 0 Å². The summed E-state index contributed by atoms with van der Waals surface area (Å²) in [4.78, 5) is 11.9. The number of anilines is 1. The number of ether oxygens (including phenoxy) is 1. The van der Waals surface area contributed by atoms with Crippen LogP contribution in [0.4, 0.5) is 14.5 Å². The molecule has 0 aliphatic rings. The molecule has 3 aromatic carbocycles. The number of sulfonamides is 1. The van der Waals surface area contributed by atoms with Crippen LogP contribution in [-0.4, -0.2) is 14.3 Å². The molecule has 150 valence electrons. The van der Waals surface area contributed by atoms with Gasteiger partial charge in [-0.3, -0.25) is 4.79 Å². The lowest BCUT2D eigenvalue weighted by molar-refractivity contribution is -0.115. The molecule has 0 spiro atoms. The highest BCUT2D eigenvalue weighted by atomic mass is 32.2. The van der Waals surface area contributed by atoms with E-state index in [1.54, 1.807) is 6.07 Å². The second-order valence-electron chi connectivity index (χ2n) is 6.11. The van der Waals surface area contributed by atoms with Crippen molar-refractivity contribution in [3.63, 3.8) is 0 Å². The van der Waals surface area contributed by atoms with Gasteiger partial charge in [0.15, 0.2) is 0 Å². The molecule has 6 nitrogen and oxygen atoms in total. The molecule has 3 rings (SSSR count). The Bertz CT molecular complexity index is 1170. The summed E-state index contributed by atoms with van der Waals surface area (Å²) >= 11 is 0. The fourth-order valence-electron chi connectivity index (χ4n) is 2.55. The quantitative estimate of drug-likeness (QED) is 0.639. The van der Waals surface area contributed by atoms with E-state index in [1.165, 1.54) is 42.5 Å². The number of rotatable bonds is 6. The van der Waals surface area contributed by atoms with Crippen LogP contribution < -0.4 is 15.2 Å². The van der Waals surface area contributed by atoms with Gasteiger partial charge in [0.25, 0.3) is 0 Å². The fourth-order valence-corrected chi connectivity index (χ4v) is 3.13. The minimum atomic E-state index is -4.12. The molecule has 0 atom stereocenters. The molecule has 0 fully saturated rings. The molecule has 0 heterocycles. The van der Waals surface area contributed by atoms with Crippen molar-refractivity contribution in [1.29, 1.82) is 0 Å². The Balaban J connectivity index is 1.87. The number of hydrogen-bond acceptors (Lipinski definition) is 4. The highest BCUT2D eigenvalue weighted by Gasteiger charge is 2.15. The van der Waals surface area contributed by atoms with E-state index in [2.05, 4.69) is 5.32 Å². The van der Waals surface area contributed by atoms with Gasteiger partial charge in [-0.15, -0.1) is 0 Å². The number of hydrogen-bond donors (Lipinski definition) is 2. The maximum Gasteiger partial charge on any atom is 0.238 e. The molecule has 0 bridgehead atoms. The lowest BCUT2D eigenvalue weighted by Gasteiger charge is -2.12. The van der Waals surface area contributed by atoms with Gasteiger partial charge in [0.05, 0.1) is 11.3 Å². The first kappa shape index (κ1) is 20.4. The van der Waals surface area contributed by atoms with Crippen molar-refractivity contribution in [2.24, 2.45) is 5.14 Å². The molecule has 0 aliphatic carbocycles. The summed E-state index contributed by atoms with van der Waals surface area (Å²) in [6.07, 6.45) is -0.258. The summed E-state index contributed by atoms with van der Waals surface area (Å²) in [5, 5.41) is 7.67. The van der Waals surface area contributed by atoms with E-state index in [1.807, 2.05) is 0 Å². The molecule has 0 radical (unpaired) electrons. The molecular weight excluding hydrogens is 402 g/mol. The van der Waals surface area contributed by atoms with Gasteiger partial charge < -0.3 is 10.1 Å². The first-order valence-corrected chi connectivity index (χ1v) is 9.90. The highest BCUT2D eigenvalue weighted by Crippen LogP contribution is 2.28. The van der Waals surface area contributed by atoms with Crippen LogP contribution in [0.3, 0.4) is 0 Å². The van der Waals surface area contributed by atoms with Crippen LogP contribution >= 0.6 is 0 Å². The molecule has 0 saturated carbocycles. The Kier molecular flexibility index (Phi) is 5.90.